The van der Waals surface area contributed by atoms with Crippen LogP contribution in [-0.2, 0) is 48.4 Å². The van der Waals surface area contributed by atoms with Crippen molar-refractivity contribution in [2.24, 2.45) is 17.3 Å². The first-order valence-corrected chi connectivity index (χ1v) is 20.4. The minimum Gasteiger partial charge on any atom is -0.444 e. The summed E-state index contributed by atoms with van der Waals surface area (Å²) in [6, 6.07) is 4.45. The maximum Gasteiger partial charge on any atom is 0.416 e. The van der Waals surface area contributed by atoms with E-state index in [1.54, 1.807) is 32.9 Å². The number of halogens is 5. The second-order valence-electron chi connectivity index (χ2n) is 17.1. The summed E-state index contributed by atoms with van der Waals surface area (Å²) in [5.41, 5.74) is -2.60. The van der Waals surface area contributed by atoms with Crippen molar-refractivity contribution < 1.29 is 49.9 Å². The van der Waals surface area contributed by atoms with Crippen molar-refractivity contribution in [2.75, 3.05) is 11.9 Å². The Morgan fingerprint density at radius 2 is 1.73 bits per heavy atom. The van der Waals surface area contributed by atoms with Gasteiger partial charge < -0.3 is 20.3 Å². The topological polar surface area (TPSA) is 154 Å². The largest absolute Gasteiger partial charge is 0.444 e. The van der Waals surface area contributed by atoms with Crippen LogP contribution in [0.3, 0.4) is 0 Å². The lowest BCUT2D eigenvalue weighted by Gasteiger charge is -2.36. The first kappa shape index (κ1) is 40.1. The number of carbonyl (C=O) groups excluding carboxylic acids is 4. The quantitative estimate of drug-likeness (QED) is 0.257. The van der Waals surface area contributed by atoms with Crippen LogP contribution in [0.1, 0.15) is 82.9 Å². The smallest absolute Gasteiger partial charge is 0.416 e. The molecule has 2 heterocycles. The molecule has 2 aromatic carbocycles. The molecule has 5 atom stereocenters. The molecular formula is C38H44ClF4N5O7S. The van der Waals surface area contributed by atoms with E-state index in [1.807, 2.05) is 6.07 Å². The molecule has 304 valence electrons. The van der Waals surface area contributed by atoms with Crippen LogP contribution >= 0.6 is 11.6 Å². The van der Waals surface area contributed by atoms with Gasteiger partial charge in [-0.3, -0.25) is 24.0 Å². The number of likely N-dealkylation sites (tertiary alicyclic amines) is 1. The normalized spacial score (nSPS) is 25.9. The van der Waals surface area contributed by atoms with E-state index < -0.39 is 85.3 Å². The predicted molar refractivity (Wildman–Crippen MR) is 196 cm³/mol. The Kier molecular flexibility index (Phi) is 9.86. The van der Waals surface area contributed by atoms with Crippen molar-refractivity contribution in [3.8, 4) is 0 Å². The number of rotatable bonds is 10. The van der Waals surface area contributed by atoms with Gasteiger partial charge >= 0.3 is 12.3 Å². The zero-order chi connectivity index (χ0) is 40.7. The fraction of sp³-hybridized carbons (Fsp3) is 0.579. The first-order chi connectivity index (χ1) is 26.0. The molecule has 56 heavy (non-hydrogen) atoms. The molecule has 0 aromatic heterocycles. The third-order valence-electron chi connectivity index (χ3n) is 11.7. The van der Waals surface area contributed by atoms with Gasteiger partial charge in [0.2, 0.25) is 21.8 Å². The van der Waals surface area contributed by atoms with E-state index in [0.717, 1.165) is 34.9 Å². The number of anilines is 1. The highest BCUT2D eigenvalue weighted by Gasteiger charge is 2.67. The lowest BCUT2D eigenvalue weighted by Crippen LogP contribution is -2.59. The van der Waals surface area contributed by atoms with Crippen molar-refractivity contribution in [2.45, 2.75) is 114 Å². The number of nitrogens with one attached hydrogen (secondary N) is 3. The molecule has 3 saturated carbocycles. The fourth-order valence-corrected chi connectivity index (χ4v) is 9.39. The third-order valence-corrected chi connectivity index (χ3v) is 14.3. The van der Waals surface area contributed by atoms with Crippen molar-refractivity contribution in [3.63, 3.8) is 0 Å². The van der Waals surface area contributed by atoms with E-state index in [2.05, 4.69) is 15.4 Å². The molecule has 12 nitrogen and oxygen atoms in total. The number of fused-ring (bicyclic) bond motifs is 1. The minimum atomic E-state index is -4.88. The Morgan fingerprint density at radius 1 is 1.04 bits per heavy atom. The number of hydrogen-bond donors (Lipinski definition) is 3. The predicted octanol–water partition coefficient (Wildman–Crippen LogP) is 5.73. The van der Waals surface area contributed by atoms with Crippen LogP contribution in [0.5, 0.6) is 0 Å². The zero-order valence-corrected chi connectivity index (χ0v) is 32.8. The van der Waals surface area contributed by atoms with Gasteiger partial charge in [0.05, 0.1) is 23.4 Å². The summed E-state index contributed by atoms with van der Waals surface area (Å²) in [6.07, 6.45) is -4.30. The number of carbonyl (C=O) groups is 4. The van der Waals surface area contributed by atoms with Gasteiger partial charge in [-0.05, 0) is 91.7 Å². The van der Waals surface area contributed by atoms with E-state index >= 15 is 0 Å². The summed E-state index contributed by atoms with van der Waals surface area (Å²) in [6.45, 7) is 6.51. The Labute approximate surface area is 327 Å². The van der Waals surface area contributed by atoms with E-state index in [4.69, 9.17) is 16.3 Å². The summed E-state index contributed by atoms with van der Waals surface area (Å²) >= 11 is 6.34. The van der Waals surface area contributed by atoms with Crippen molar-refractivity contribution >= 4 is 51.1 Å². The maximum absolute atomic E-state index is 14.6. The average Bonchev–Trinajstić information content (AvgIpc) is 4.05. The molecule has 2 aliphatic heterocycles. The summed E-state index contributed by atoms with van der Waals surface area (Å²) in [7, 11) is -4.05. The second-order valence-corrected chi connectivity index (χ2v) is 19.7. The molecule has 1 saturated heterocycles. The molecule has 4 fully saturated rings. The number of benzene rings is 2. The highest BCUT2D eigenvalue weighted by Crippen LogP contribution is 2.57. The lowest BCUT2D eigenvalue weighted by molar-refractivity contribution is -0.141. The first-order valence-electron chi connectivity index (χ1n) is 18.6. The van der Waals surface area contributed by atoms with Gasteiger partial charge in [-0.2, -0.15) is 13.2 Å². The van der Waals surface area contributed by atoms with Gasteiger partial charge in [0.15, 0.2) is 0 Å². The van der Waals surface area contributed by atoms with Gasteiger partial charge in [0.1, 0.15) is 29.5 Å². The Balaban J connectivity index is 1.16. The summed E-state index contributed by atoms with van der Waals surface area (Å²) < 4.78 is 88.5. The van der Waals surface area contributed by atoms with Gasteiger partial charge in [0, 0.05) is 23.7 Å². The highest BCUT2D eigenvalue weighted by molar-refractivity contribution is 7.91. The third kappa shape index (κ3) is 7.77. The molecule has 3 aliphatic carbocycles. The second kappa shape index (κ2) is 13.8. The summed E-state index contributed by atoms with van der Waals surface area (Å²) in [5, 5.41) is 6.03. The van der Waals surface area contributed by atoms with Crippen molar-refractivity contribution in [1.29, 1.82) is 0 Å². The fourth-order valence-electron chi connectivity index (χ4n) is 7.82. The molecule has 2 aromatic rings. The minimum absolute atomic E-state index is 0.0932. The Hall–Kier alpha value is -4.12. The standard InChI is InChI=1S/C38H44ClF4N5O7S/c1-35(2,3)30(44-24-13-22(38(41,42)43)12-23(40)14-24)32(50)48-18-25(55-34(52)47-17-21-6-5-7-28(39)26(21)19-47)15-29(48)31(49)45-37(16-27(37)20-8-9-20)33(51)46-56(53,54)36(4)10-11-36/h5-7,12-14,20,25,27,29-30,44H,8-11,15-19H2,1-4H3,(H,45,49)(H,46,51). The average molecular weight is 826 g/mol. The molecular weight excluding hydrogens is 782 g/mol. The molecule has 18 heteroatoms. The van der Waals surface area contributed by atoms with Crippen molar-refractivity contribution in [3.05, 3.63) is 63.9 Å². The van der Waals surface area contributed by atoms with Gasteiger partial charge in [0.25, 0.3) is 5.91 Å². The lowest BCUT2D eigenvalue weighted by atomic mass is 9.85. The Morgan fingerprint density at radius 3 is 2.34 bits per heavy atom. The van der Waals surface area contributed by atoms with Crippen LogP contribution in [0, 0.1) is 23.1 Å². The zero-order valence-electron chi connectivity index (χ0n) is 31.3. The Bertz CT molecular complexity index is 2090. The van der Waals surface area contributed by atoms with Gasteiger partial charge in [-0.15, -0.1) is 0 Å². The highest BCUT2D eigenvalue weighted by atomic mass is 35.5. The van der Waals surface area contributed by atoms with Crippen LogP contribution in [0.2, 0.25) is 5.02 Å². The molecule has 5 unspecified atom stereocenters. The van der Waals surface area contributed by atoms with E-state index in [1.165, 1.54) is 11.8 Å². The number of alkyl halides is 3. The van der Waals surface area contributed by atoms with E-state index in [-0.39, 0.29) is 50.0 Å². The molecule has 0 bridgehead atoms. The monoisotopic (exact) mass is 825 g/mol. The van der Waals surface area contributed by atoms with Gasteiger partial charge in [-0.1, -0.05) is 44.5 Å². The van der Waals surface area contributed by atoms with Gasteiger partial charge in [-0.25, -0.2) is 17.6 Å². The number of nitrogens with zero attached hydrogens (tertiary/aromatic N) is 2. The molecule has 0 spiro atoms. The summed E-state index contributed by atoms with van der Waals surface area (Å²) in [4.78, 5) is 58.8. The molecule has 4 amide bonds. The number of amides is 4. The SMILES string of the molecule is CC(C)(C)C(Nc1cc(F)cc(C(F)(F)F)c1)C(=O)N1CC(OC(=O)N2Cc3cccc(Cl)c3C2)CC1C(=O)NC1(C(=O)NS(=O)(=O)C2(C)CC2)CC1C1CC1. The maximum atomic E-state index is 14.6. The molecule has 7 rings (SSSR count). The van der Waals surface area contributed by atoms with Crippen LogP contribution in [0.4, 0.5) is 28.0 Å². The summed E-state index contributed by atoms with van der Waals surface area (Å²) in [5.74, 6) is -3.83. The van der Waals surface area contributed by atoms with Crippen LogP contribution in [0.15, 0.2) is 36.4 Å². The number of sulfonamides is 1. The van der Waals surface area contributed by atoms with E-state index in [9.17, 15) is 45.2 Å². The molecule has 3 N–H and O–H groups in total. The molecule has 5 aliphatic rings. The van der Waals surface area contributed by atoms with Crippen LogP contribution in [0.25, 0.3) is 0 Å². The van der Waals surface area contributed by atoms with Crippen LogP contribution < -0.4 is 15.4 Å². The number of ether oxygens (including phenoxy) is 1. The van der Waals surface area contributed by atoms with E-state index in [0.29, 0.717) is 30.0 Å². The molecule has 0 radical (unpaired) electrons. The van der Waals surface area contributed by atoms with Crippen LogP contribution in [-0.4, -0.2) is 77.1 Å². The van der Waals surface area contributed by atoms with Crippen molar-refractivity contribution in [1.82, 2.24) is 19.8 Å². The number of hydrogen-bond acceptors (Lipinski definition) is 8.